The second kappa shape index (κ2) is 6.82. The molecule has 0 aliphatic rings. The minimum atomic E-state index is -4.44. The first kappa shape index (κ1) is 20.1. The number of alkyl halides is 6. The summed E-state index contributed by atoms with van der Waals surface area (Å²) in [5, 5.41) is 0. The third-order valence-corrected chi connectivity index (χ3v) is 3.62. The lowest BCUT2D eigenvalue weighted by Gasteiger charge is -2.18. The van der Waals surface area contributed by atoms with Gasteiger partial charge in [-0.3, -0.25) is 0 Å². The summed E-state index contributed by atoms with van der Waals surface area (Å²) in [6, 6.07) is 9.20. The Labute approximate surface area is 148 Å². The van der Waals surface area contributed by atoms with E-state index in [2.05, 4.69) is 0 Å². The fourth-order valence-electron chi connectivity index (χ4n) is 2.44. The molecule has 0 atom stereocenters. The Hall–Kier alpha value is -2.24. The van der Waals surface area contributed by atoms with Gasteiger partial charge < -0.3 is 0 Å². The van der Waals surface area contributed by atoms with E-state index in [0.29, 0.717) is 16.7 Å². The van der Waals surface area contributed by atoms with Crippen molar-refractivity contribution in [2.24, 2.45) is 5.41 Å². The van der Waals surface area contributed by atoms with Gasteiger partial charge in [0.25, 0.3) is 0 Å². The van der Waals surface area contributed by atoms with Crippen LogP contribution in [0.5, 0.6) is 0 Å². The van der Waals surface area contributed by atoms with E-state index in [4.69, 9.17) is 0 Å². The van der Waals surface area contributed by atoms with Crippen LogP contribution in [-0.4, -0.2) is 0 Å². The summed E-state index contributed by atoms with van der Waals surface area (Å²) in [6.07, 6.45) is -7.06. The number of halogens is 6. The number of hydrogen-bond donors (Lipinski definition) is 0. The molecule has 2 aromatic rings. The minimum absolute atomic E-state index is 0.319. The van der Waals surface area contributed by atoms with E-state index in [-0.39, 0.29) is 5.41 Å². The first-order valence-electron chi connectivity index (χ1n) is 7.85. The molecule has 0 N–H and O–H groups in total. The largest absolute Gasteiger partial charge is 0.416 e. The summed E-state index contributed by atoms with van der Waals surface area (Å²) < 4.78 is 76.5. The average Bonchev–Trinajstić information content (AvgIpc) is 2.50. The smallest absolute Gasteiger partial charge is 0.166 e. The molecule has 0 aliphatic heterocycles. The molecule has 140 valence electrons. The van der Waals surface area contributed by atoms with Gasteiger partial charge in [0, 0.05) is 0 Å². The summed E-state index contributed by atoms with van der Waals surface area (Å²) in [4.78, 5) is 0. The molecule has 26 heavy (non-hydrogen) atoms. The highest BCUT2D eigenvalue weighted by atomic mass is 19.4. The standard InChI is InChI=1S/C20H18F6/c1-18(2,3)12-17(13-4-8-15(9-5-13)19(21,22)23)14-6-10-16(11-7-14)20(24,25)26/h4-12H,1-3H3. The summed E-state index contributed by atoms with van der Waals surface area (Å²) in [7, 11) is 0. The van der Waals surface area contributed by atoms with Crippen molar-refractivity contribution in [2.75, 3.05) is 0 Å². The van der Waals surface area contributed by atoms with Crippen molar-refractivity contribution in [3.05, 3.63) is 76.9 Å². The Balaban J connectivity index is 2.50. The zero-order valence-corrected chi connectivity index (χ0v) is 14.5. The van der Waals surface area contributed by atoms with Gasteiger partial charge in [0.1, 0.15) is 0 Å². The van der Waals surface area contributed by atoms with Crippen LogP contribution in [0.2, 0.25) is 0 Å². The van der Waals surface area contributed by atoms with E-state index >= 15 is 0 Å². The zero-order valence-electron chi connectivity index (χ0n) is 14.5. The van der Waals surface area contributed by atoms with Crippen LogP contribution in [0.4, 0.5) is 26.3 Å². The van der Waals surface area contributed by atoms with Crippen molar-refractivity contribution in [1.29, 1.82) is 0 Å². The molecule has 0 bridgehead atoms. The van der Waals surface area contributed by atoms with Crippen LogP contribution < -0.4 is 0 Å². The first-order chi connectivity index (χ1) is 11.8. The quantitative estimate of drug-likeness (QED) is 0.489. The first-order valence-corrected chi connectivity index (χ1v) is 7.85. The van der Waals surface area contributed by atoms with Crippen LogP contribution in [0.1, 0.15) is 43.0 Å². The van der Waals surface area contributed by atoms with Crippen LogP contribution in [0.3, 0.4) is 0 Å². The van der Waals surface area contributed by atoms with Gasteiger partial charge in [-0.05, 0) is 46.4 Å². The molecule has 0 heterocycles. The Morgan fingerprint density at radius 2 is 0.923 bits per heavy atom. The molecule has 2 rings (SSSR count). The van der Waals surface area contributed by atoms with E-state index in [1.807, 2.05) is 26.8 Å². The molecule has 0 saturated carbocycles. The highest BCUT2D eigenvalue weighted by Crippen LogP contribution is 2.35. The van der Waals surface area contributed by atoms with Gasteiger partial charge in [-0.25, -0.2) is 0 Å². The molecular weight excluding hydrogens is 354 g/mol. The molecule has 0 unspecified atom stereocenters. The van der Waals surface area contributed by atoms with Gasteiger partial charge in [0.2, 0.25) is 0 Å². The Morgan fingerprint density at radius 3 is 1.15 bits per heavy atom. The maximum absolute atomic E-state index is 12.7. The molecule has 0 aromatic heterocycles. The summed E-state index contributed by atoms with van der Waals surface area (Å²) >= 11 is 0. The molecule has 0 spiro atoms. The van der Waals surface area contributed by atoms with Crippen LogP contribution >= 0.6 is 0 Å². The highest BCUT2D eigenvalue weighted by Gasteiger charge is 2.31. The van der Waals surface area contributed by atoms with Gasteiger partial charge in [-0.1, -0.05) is 51.1 Å². The number of benzene rings is 2. The van der Waals surface area contributed by atoms with E-state index in [9.17, 15) is 26.3 Å². The molecule has 6 heteroatoms. The number of allylic oxidation sites excluding steroid dienone is 1. The third kappa shape index (κ3) is 5.13. The second-order valence-corrected chi connectivity index (χ2v) is 7.07. The topological polar surface area (TPSA) is 0 Å². The maximum Gasteiger partial charge on any atom is 0.416 e. The molecule has 0 nitrogen and oxygen atoms in total. The fourth-order valence-corrected chi connectivity index (χ4v) is 2.44. The van der Waals surface area contributed by atoms with Crippen molar-refractivity contribution < 1.29 is 26.3 Å². The van der Waals surface area contributed by atoms with Crippen molar-refractivity contribution >= 4 is 5.57 Å². The minimum Gasteiger partial charge on any atom is -0.166 e. The van der Waals surface area contributed by atoms with Crippen LogP contribution in [0, 0.1) is 5.41 Å². The van der Waals surface area contributed by atoms with E-state index in [1.54, 1.807) is 0 Å². The van der Waals surface area contributed by atoms with Crippen molar-refractivity contribution in [1.82, 2.24) is 0 Å². The molecular formula is C20H18F6. The summed E-state index contributed by atoms with van der Waals surface area (Å²) in [6.45, 7) is 5.71. The van der Waals surface area contributed by atoms with Crippen LogP contribution in [0.15, 0.2) is 54.6 Å². The monoisotopic (exact) mass is 372 g/mol. The Morgan fingerprint density at radius 1 is 0.615 bits per heavy atom. The lowest BCUT2D eigenvalue weighted by atomic mass is 9.87. The van der Waals surface area contributed by atoms with Gasteiger partial charge in [-0.15, -0.1) is 0 Å². The van der Waals surface area contributed by atoms with Gasteiger partial charge >= 0.3 is 12.4 Å². The van der Waals surface area contributed by atoms with Crippen LogP contribution in [0.25, 0.3) is 5.57 Å². The Bertz CT molecular complexity index is 710. The third-order valence-electron chi connectivity index (χ3n) is 3.62. The lowest BCUT2D eigenvalue weighted by molar-refractivity contribution is -0.138. The van der Waals surface area contributed by atoms with Gasteiger partial charge in [-0.2, -0.15) is 26.3 Å². The molecule has 0 radical (unpaired) electrons. The lowest BCUT2D eigenvalue weighted by Crippen LogP contribution is -2.06. The van der Waals surface area contributed by atoms with Crippen molar-refractivity contribution in [3.8, 4) is 0 Å². The van der Waals surface area contributed by atoms with Crippen molar-refractivity contribution in [3.63, 3.8) is 0 Å². The predicted octanol–water partition coefficient (Wildman–Crippen LogP) is 7.20. The van der Waals surface area contributed by atoms with Gasteiger partial charge in [0.05, 0.1) is 11.1 Å². The fraction of sp³-hybridized carbons (Fsp3) is 0.300. The van der Waals surface area contributed by atoms with E-state index < -0.39 is 23.5 Å². The van der Waals surface area contributed by atoms with Crippen molar-refractivity contribution in [2.45, 2.75) is 33.1 Å². The second-order valence-electron chi connectivity index (χ2n) is 7.07. The zero-order chi connectivity index (χ0) is 19.8. The van der Waals surface area contributed by atoms with E-state index in [1.165, 1.54) is 24.3 Å². The molecule has 0 amide bonds. The highest BCUT2D eigenvalue weighted by molar-refractivity contribution is 5.80. The summed E-state index contributed by atoms with van der Waals surface area (Å²) in [5.74, 6) is 0. The van der Waals surface area contributed by atoms with Crippen LogP contribution in [-0.2, 0) is 12.4 Å². The SMILES string of the molecule is CC(C)(C)C=C(c1ccc(C(F)(F)F)cc1)c1ccc(C(F)(F)F)cc1. The number of hydrogen-bond acceptors (Lipinski definition) is 0. The number of rotatable bonds is 2. The van der Waals surface area contributed by atoms with E-state index in [0.717, 1.165) is 24.3 Å². The molecule has 2 aromatic carbocycles. The normalized spacial score (nSPS) is 12.8. The molecule has 0 saturated heterocycles. The summed E-state index contributed by atoms with van der Waals surface area (Å²) in [5.41, 5.74) is -0.270. The average molecular weight is 372 g/mol. The Kier molecular flexibility index (Phi) is 5.26. The molecule has 0 aliphatic carbocycles. The molecule has 0 fully saturated rings. The maximum atomic E-state index is 12.7. The predicted molar refractivity (Wildman–Crippen MR) is 89.4 cm³/mol. The van der Waals surface area contributed by atoms with Gasteiger partial charge in [0.15, 0.2) is 0 Å².